The second-order valence-corrected chi connectivity index (χ2v) is 4.53. The van der Waals surface area contributed by atoms with Gasteiger partial charge in [-0.05, 0) is 25.2 Å². The van der Waals surface area contributed by atoms with E-state index in [1.807, 2.05) is 13.8 Å². The molecule has 0 aromatic heterocycles. The molecule has 0 aliphatic carbocycles. The van der Waals surface area contributed by atoms with Gasteiger partial charge in [-0.15, -0.1) is 0 Å². The van der Waals surface area contributed by atoms with Gasteiger partial charge in [-0.1, -0.05) is 13.8 Å². The van der Waals surface area contributed by atoms with Gasteiger partial charge in [-0.25, -0.2) is 0 Å². The van der Waals surface area contributed by atoms with Gasteiger partial charge in [0.05, 0.1) is 17.6 Å². The molecule has 74 valence electrons. The standard InChI is InChI=1S/C10H16O3/c1-6(2)10(9(11)12)5-7-3-4-8(10)13-7/h6-8H,3-5H2,1-2H3,(H,11,12). The van der Waals surface area contributed by atoms with Crippen LogP contribution in [0.5, 0.6) is 0 Å². The summed E-state index contributed by atoms with van der Waals surface area (Å²) in [5.41, 5.74) is -0.594. The third kappa shape index (κ3) is 1.03. The van der Waals surface area contributed by atoms with E-state index in [0.29, 0.717) is 6.42 Å². The van der Waals surface area contributed by atoms with Gasteiger partial charge in [0, 0.05) is 0 Å². The van der Waals surface area contributed by atoms with Crippen molar-refractivity contribution in [2.24, 2.45) is 11.3 Å². The number of fused-ring (bicyclic) bond motifs is 2. The molecule has 3 unspecified atom stereocenters. The summed E-state index contributed by atoms with van der Waals surface area (Å²) in [5.74, 6) is -0.505. The molecule has 2 aliphatic rings. The number of aliphatic carboxylic acids is 1. The van der Waals surface area contributed by atoms with Crippen molar-refractivity contribution in [3.63, 3.8) is 0 Å². The molecule has 0 aromatic carbocycles. The summed E-state index contributed by atoms with van der Waals surface area (Å²) in [4.78, 5) is 11.3. The second kappa shape index (κ2) is 2.71. The van der Waals surface area contributed by atoms with E-state index in [1.54, 1.807) is 0 Å². The van der Waals surface area contributed by atoms with Crippen molar-refractivity contribution in [2.75, 3.05) is 0 Å². The summed E-state index contributed by atoms with van der Waals surface area (Å²) >= 11 is 0. The van der Waals surface area contributed by atoms with E-state index >= 15 is 0 Å². The molecule has 0 spiro atoms. The molecule has 3 nitrogen and oxygen atoms in total. The van der Waals surface area contributed by atoms with Gasteiger partial charge in [0.25, 0.3) is 0 Å². The molecule has 0 saturated carbocycles. The van der Waals surface area contributed by atoms with Crippen LogP contribution in [-0.2, 0) is 9.53 Å². The maximum absolute atomic E-state index is 11.3. The Kier molecular flexibility index (Phi) is 1.88. The van der Waals surface area contributed by atoms with Gasteiger partial charge in [-0.2, -0.15) is 0 Å². The minimum absolute atomic E-state index is 0.0324. The Bertz CT molecular complexity index is 236. The summed E-state index contributed by atoms with van der Waals surface area (Å²) in [6, 6.07) is 0. The zero-order chi connectivity index (χ0) is 9.64. The zero-order valence-electron chi connectivity index (χ0n) is 8.12. The molecule has 3 heteroatoms. The maximum atomic E-state index is 11.3. The number of carbonyl (C=O) groups is 1. The van der Waals surface area contributed by atoms with Gasteiger partial charge >= 0.3 is 5.97 Å². The molecule has 13 heavy (non-hydrogen) atoms. The average molecular weight is 184 g/mol. The van der Waals surface area contributed by atoms with Gasteiger partial charge in [0.1, 0.15) is 0 Å². The van der Waals surface area contributed by atoms with Gasteiger partial charge in [0.15, 0.2) is 0 Å². The lowest BCUT2D eigenvalue weighted by molar-refractivity contribution is -0.156. The molecule has 1 N–H and O–H groups in total. The highest BCUT2D eigenvalue weighted by Crippen LogP contribution is 2.52. The van der Waals surface area contributed by atoms with E-state index in [9.17, 15) is 9.90 Å². The molecule has 0 amide bonds. The summed E-state index contributed by atoms with van der Waals surface area (Å²) in [6.07, 6.45) is 2.87. The van der Waals surface area contributed by atoms with Crippen LogP contribution in [0.4, 0.5) is 0 Å². The minimum atomic E-state index is -0.672. The lowest BCUT2D eigenvalue weighted by Gasteiger charge is -2.34. The Morgan fingerprint density at radius 1 is 1.54 bits per heavy atom. The first-order valence-electron chi connectivity index (χ1n) is 4.96. The molecule has 2 fully saturated rings. The number of carboxylic acid groups (broad SMARTS) is 1. The minimum Gasteiger partial charge on any atom is -0.481 e. The van der Waals surface area contributed by atoms with Crippen LogP contribution in [0, 0.1) is 11.3 Å². The normalized spacial score (nSPS) is 43.0. The van der Waals surface area contributed by atoms with Crippen LogP contribution < -0.4 is 0 Å². The molecule has 2 aliphatic heterocycles. The van der Waals surface area contributed by atoms with E-state index in [2.05, 4.69) is 0 Å². The topological polar surface area (TPSA) is 46.5 Å². The molecular weight excluding hydrogens is 168 g/mol. The van der Waals surface area contributed by atoms with E-state index in [-0.39, 0.29) is 18.1 Å². The van der Waals surface area contributed by atoms with Crippen molar-refractivity contribution in [1.82, 2.24) is 0 Å². The molecule has 0 radical (unpaired) electrons. The quantitative estimate of drug-likeness (QED) is 0.710. The van der Waals surface area contributed by atoms with Crippen molar-refractivity contribution in [1.29, 1.82) is 0 Å². The summed E-state index contributed by atoms with van der Waals surface area (Å²) in [5, 5.41) is 9.28. The fourth-order valence-corrected chi connectivity index (χ4v) is 2.82. The Morgan fingerprint density at radius 2 is 2.23 bits per heavy atom. The van der Waals surface area contributed by atoms with Crippen LogP contribution >= 0.6 is 0 Å². The molecule has 2 bridgehead atoms. The number of carboxylic acids is 1. The van der Waals surface area contributed by atoms with E-state index in [1.165, 1.54) is 0 Å². The van der Waals surface area contributed by atoms with Crippen LogP contribution in [0.25, 0.3) is 0 Å². The predicted molar refractivity (Wildman–Crippen MR) is 47.4 cm³/mol. The molecule has 2 saturated heterocycles. The number of hydrogen-bond acceptors (Lipinski definition) is 2. The van der Waals surface area contributed by atoms with Crippen LogP contribution in [0.3, 0.4) is 0 Å². The number of hydrogen-bond donors (Lipinski definition) is 1. The van der Waals surface area contributed by atoms with E-state index in [0.717, 1.165) is 12.8 Å². The smallest absolute Gasteiger partial charge is 0.312 e. The fraction of sp³-hybridized carbons (Fsp3) is 0.900. The number of ether oxygens (including phenoxy) is 1. The molecule has 0 aromatic rings. The Balaban J connectivity index is 2.30. The van der Waals surface area contributed by atoms with Crippen molar-refractivity contribution in [3.8, 4) is 0 Å². The molecule has 2 heterocycles. The van der Waals surface area contributed by atoms with Crippen LogP contribution in [0.15, 0.2) is 0 Å². The monoisotopic (exact) mass is 184 g/mol. The highest BCUT2D eigenvalue weighted by Gasteiger charge is 2.58. The third-order valence-corrected chi connectivity index (χ3v) is 3.68. The molecular formula is C10H16O3. The fourth-order valence-electron chi connectivity index (χ4n) is 2.82. The van der Waals surface area contributed by atoms with E-state index in [4.69, 9.17) is 4.74 Å². The molecule has 3 atom stereocenters. The summed E-state index contributed by atoms with van der Waals surface area (Å²) < 4.78 is 5.63. The number of rotatable bonds is 2. The van der Waals surface area contributed by atoms with Crippen LogP contribution in [-0.4, -0.2) is 23.3 Å². The lowest BCUT2D eigenvalue weighted by Crippen LogP contribution is -2.44. The van der Waals surface area contributed by atoms with E-state index < -0.39 is 11.4 Å². The third-order valence-electron chi connectivity index (χ3n) is 3.68. The highest BCUT2D eigenvalue weighted by atomic mass is 16.5. The summed E-state index contributed by atoms with van der Waals surface area (Å²) in [7, 11) is 0. The Labute approximate surface area is 78.1 Å². The van der Waals surface area contributed by atoms with Crippen molar-refractivity contribution >= 4 is 5.97 Å². The Morgan fingerprint density at radius 3 is 2.46 bits per heavy atom. The summed E-state index contributed by atoms with van der Waals surface area (Å²) in [6.45, 7) is 3.97. The first-order chi connectivity index (χ1) is 6.07. The Hall–Kier alpha value is -0.570. The van der Waals surface area contributed by atoms with Gasteiger partial charge in [-0.3, -0.25) is 4.79 Å². The molecule has 2 rings (SSSR count). The zero-order valence-corrected chi connectivity index (χ0v) is 8.12. The van der Waals surface area contributed by atoms with Gasteiger partial charge in [0.2, 0.25) is 0 Å². The van der Waals surface area contributed by atoms with Crippen molar-refractivity contribution in [3.05, 3.63) is 0 Å². The predicted octanol–water partition coefficient (Wildman–Crippen LogP) is 1.66. The average Bonchev–Trinajstić information content (AvgIpc) is 2.61. The maximum Gasteiger partial charge on any atom is 0.312 e. The SMILES string of the molecule is CC(C)C1(C(=O)O)CC2CCC1O2. The van der Waals surface area contributed by atoms with Gasteiger partial charge < -0.3 is 9.84 Å². The van der Waals surface area contributed by atoms with Crippen LogP contribution in [0.2, 0.25) is 0 Å². The largest absolute Gasteiger partial charge is 0.481 e. The first-order valence-corrected chi connectivity index (χ1v) is 4.96. The van der Waals surface area contributed by atoms with Crippen molar-refractivity contribution < 1.29 is 14.6 Å². The first kappa shape index (κ1) is 9.00. The van der Waals surface area contributed by atoms with Crippen LogP contribution in [0.1, 0.15) is 33.1 Å². The highest BCUT2D eigenvalue weighted by molar-refractivity contribution is 5.76. The lowest BCUT2D eigenvalue weighted by atomic mass is 9.67. The van der Waals surface area contributed by atoms with Crippen molar-refractivity contribution in [2.45, 2.75) is 45.3 Å². The second-order valence-electron chi connectivity index (χ2n) is 4.53.